The highest BCUT2D eigenvalue weighted by Crippen LogP contribution is 2.31. The van der Waals surface area contributed by atoms with E-state index in [9.17, 15) is 4.79 Å². The molecule has 1 aromatic rings. The summed E-state index contributed by atoms with van der Waals surface area (Å²) < 4.78 is 1.83. The second-order valence-corrected chi connectivity index (χ2v) is 4.98. The third-order valence-electron chi connectivity index (χ3n) is 3.64. The van der Waals surface area contributed by atoms with E-state index in [-0.39, 0.29) is 11.3 Å². The Bertz CT molecular complexity index is 368. The van der Waals surface area contributed by atoms with Gasteiger partial charge in [0.05, 0.1) is 12.0 Å². The van der Waals surface area contributed by atoms with Gasteiger partial charge >= 0.3 is 0 Å². The SMILES string of the molecule is CCCC1(C(=O)NCCn2cccn2)CCNC1. The third kappa shape index (κ3) is 2.90. The summed E-state index contributed by atoms with van der Waals surface area (Å²) in [4.78, 5) is 12.3. The molecule has 18 heavy (non-hydrogen) atoms. The summed E-state index contributed by atoms with van der Waals surface area (Å²) >= 11 is 0. The molecule has 0 aliphatic carbocycles. The van der Waals surface area contributed by atoms with Crippen LogP contribution in [-0.2, 0) is 11.3 Å². The summed E-state index contributed by atoms with van der Waals surface area (Å²) in [7, 11) is 0. The van der Waals surface area contributed by atoms with Gasteiger partial charge in [0.1, 0.15) is 0 Å². The molecule has 1 unspecified atom stereocenters. The molecule has 0 bridgehead atoms. The van der Waals surface area contributed by atoms with Gasteiger partial charge in [-0.25, -0.2) is 0 Å². The van der Waals surface area contributed by atoms with Crippen molar-refractivity contribution < 1.29 is 4.79 Å². The summed E-state index contributed by atoms with van der Waals surface area (Å²) in [5, 5.41) is 10.5. The molecular weight excluding hydrogens is 228 g/mol. The first-order valence-corrected chi connectivity index (χ1v) is 6.73. The Morgan fingerprint density at radius 3 is 3.11 bits per heavy atom. The topological polar surface area (TPSA) is 59.0 Å². The van der Waals surface area contributed by atoms with Crippen molar-refractivity contribution in [1.29, 1.82) is 0 Å². The van der Waals surface area contributed by atoms with Crippen LogP contribution in [0.15, 0.2) is 18.5 Å². The number of carbonyl (C=O) groups is 1. The van der Waals surface area contributed by atoms with Crippen molar-refractivity contribution in [3.63, 3.8) is 0 Å². The maximum absolute atomic E-state index is 12.3. The van der Waals surface area contributed by atoms with Gasteiger partial charge < -0.3 is 10.6 Å². The van der Waals surface area contributed by atoms with E-state index in [1.54, 1.807) is 6.20 Å². The maximum Gasteiger partial charge on any atom is 0.227 e. The lowest BCUT2D eigenvalue weighted by Gasteiger charge is -2.26. The molecule has 0 radical (unpaired) electrons. The lowest BCUT2D eigenvalue weighted by molar-refractivity contribution is -0.130. The number of amides is 1. The van der Waals surface area contributed by atoms with Crippen molar-refractivity contribution in [2.24, 2.45) is 5.41 Å². The van der Waals surface area contributed by atoms with E-state index in [4.69, 9.17) is 0 Å². The Morgan fingerprint density at radius 1 is 1.61 bits per heavy atom. The third-order valence-corrected chi connectivity index (χ3v) is 3.64. The minimum Gasteiger partial charge on any atom is -0.354 e. The number of hydrogen-bond donors (Lipinski definition) is 2. The standard InChI is InChI=1S/C13H22N4O/c1-2-4-13(5-7-14-11-13)12(18)15-8-10-17-9-3-6-16-17/h3,6,9,14H,2,4-5,7-8,10-11H2,1H3,(H,15,18). The Kier molecular flexibility index (Phi) is 4.36. The van der Waals surface area contributed by atoms with E-state index in [0.29, 0.717) is 6.54 Å². The average Bonchev–Trinajstić information content (AvgIpc) is 3.01. The van der Waals surface area contributed by atoms with Gasteiger partial charge in [-0.05, 0) is 25.5 Å². The van der Waals surface area contributed by atoms with Gasteiger partial charge in [-0.2, -0.15) is 5.10 Å². The van der Waals surface area contributed by atoms with E-state index in [2.05, 4.69) is 22.7 Å². The number of nitrogens with one attached hydrogen (secondary N) is 2. The molecule has 2 N–H and O–H groups in total. The zero-order chi connectivity index (χ0) is 12.8. The zero-order valence-electron chi connectivity index (χ0n) is 11.0. The highest BCUT2D eigenvalue weighted by atomic mass is 16.2. The van der Waals surface area contributed by atoms with Crippen LogP contribution in [0.5, 0.6) is 0 Å². The molecule has 2 rings (SSSR count). The monoisotopic (exact) mass is 250 g/mol. The first-order chi connectivity index (χ1) is 8.77. The molecule has 0 spiro atoms. The molecule has 5 heteroatoms. The van der Waals surface area contributed by atoms with Crippen LogP contribution in [0.1, 0.15) is 26.2 Å². The Morgan fingerprint density at radius 2 is 2.50 bits per heavy atom. The molecule has 2 heterocycles. The largest absolute Gasteiger partial charge is 0.354 e. The fourth-order valence-corrected chi connectivity index (χ4v) is 2.65. The van der Waals surface area contributed by atoms with Gasteiger partial charge in [0.15, 0.2) is 0 Å². The minimum atomic E-state index is -0.182. The van der Waals surface area contributed by atoms with E-state index in [0.717, 1.165) is 38.9 Å². The van der Waals surface area contributed by atoms with Crippen LogP contribution in [-0.4, -0.2) is 35.3 Å². The van der Waals surface area contributed by atoms with E-state index < -0.39 is 0 Å². The summed E-state index contributed by atoms with van der Waals surface area (Å²) in [6.45, 7) is 5.28. The van der Waals surface area contributed by atoms with Crippen LogP contribution >= 0.6 is 0 Å². The van der Waals surface area contributed by atoms with E-state index >= 15 is 0 Å². The van der Waals surface area contributed by atoms with Crippen molar-refractivity contribution in [1.82, 2.24) is 20.4 Å². The van der Waals surface area contributed by atoms with Crippen molar-refractivity contribution >= 4 is 5.91 Å². The van der Waals surface area contributed by atoms with E-state index in [1.807, 2.05) is 16.9 Å². The van der Waals surface area contributed by atoms with Crippen LogP contribution in [0.2, 0.25) is 0 Å². The lowest BCUT2D eigenvalue weighted by atomic mass is 9.81. The lowest BCUT2D eigenvalue weighted by Crippen LogP contribution is -2.43. The molecule has 1 saturated heterocycles. The number of carbonyl (C=O) groups excluding carboxylic acids is 1. The van der Waals surface area contributed by atoms with Gasteiger partial charge in [-0.15, -0.1) is 0 Å². The molecule has 100 valence electrons. The Balaban J connectivity index is 1.82. The van der Waals surface area contributed by atoms with Crippen molar-refractivity contribution in [3.8, 4) is 0 Å². The summed E-state index contributed by atoms with van der Waals surface area (Å²) in [5.41, 5.74) is -0.182. The number of hydrogen-bond acceptors (Lipinski definition) is 3. The first kappa shape index (κ1) is 13.1. The van der Waals surface area contributed by atoms with Crippen LogP contribution in [0.3, 0.4) is 0 Å². The van der Waals surface area contributed by atoms with Gasteiger partial charge in [-0.1, -0.05) is 13.3 Å². The summed E-state index contributed by atoms with van der Waals surface area (Å²) in [6, 6.07) is 1.89. The molecule has 1 fully saturated rings. The molecule has 0 saturated carbocycles. The van der Waals surface area contributed by atoms with Crippen LogP contribution in [0, 0.1) is 5.41 Å². The normalized spacial score (nSPS) is 23.2. The van der Waals surface area contributed by atoms with Gasteiger partial charge in [-0.3, -0.25) is 9.48 Å². The Labute approximate surface area is 108 Å². The molecule has 1 amide bonds. The average molecular weight is 250 g/mol. The van der Waals surface area contributed by atoms with E-state index in [1.165, 1.54) is 0 Å². The fraction of sp³-hybridized carbons (Fsp3) is 0.692. The minimum absolute atomic E-state index is 0.182. The van der Waals surface area contributed by atoms with Gasteiger partial charge in [0.25, 0.3) is 0 Å². The number of rotatable bonds is 6. The predicted molar refractivity (Wildman–Crippen MR) is 70.1 cm³/mol. The highest BCUT2D eigenvalue weighted by Gasteiger charge is 2.39. The summed E-state index contributed by atoms with van der Waals surface area (Å²) in [5.74, 6) is 0.196. The van der Waals surface area contributed by atoms with Crippen LogP contribution < -0.4 is 10.6 Å². The second-order valence-electron chi connectivity index (χ2n) is 4.98. The summed E-state index contributed by atoms with van der Waals surface area (Å²) in [6.07, 6.45) is 6.63. The number of aromatic nitrogens is 2. The van der Waals surface area contributed by atoms with Crippen molar-refractivity contribution in [3.05, 3.63) is 18.5 Å². The van der Waals surface area contributed by atoms with Crippen LogP contribution in [0.25, 0.3) is 0 Å². The van der Waals surface area contributed by atoms with Crippen molar-refractivity contribution in [2.45, 2.75) is 32.7 Å². The number of nitrogens with zero attached hydrogens (tertiary/aromatic N) is 2. The smallest absolute Gasteiger partial charge is 0.227 e. The molecule has 1 aromatic heterocycles. The first-order valence-electron chi connectivity index (χ1n) is 6.73. The molecule has 5 nitrogen and oxygen atoms in total. The fourth-order valence-electron chi connectivity index (χ4n) is 2.65. The molecule has 1 atom stereocenters. The quantitative estimate of drug-likeness (QED) is 0.784. The molecule has 0 aromatic carbocycles. The molecular formula is C13H22N4O. The van der Waals surface area contributed by atoms with Crippen LogP contribution in [0.4, 0.5) is 0 Å². The second kappa shape index (κ2) is 6.00. The van der Waals surface area contributed by atoms with Crippen molar-refractivity contribution in [2.75, 3.05) is 19.6 Å². The highest BCUT2D eigenvalue weighted by molar-refractivity contribution is 5.83. The Hall–Kier alpha value is -1.36. The van der Waals surface area contributed by atoms with Gasteiger partial charge in [0, 0.05) is 25.5 Å². The molecule has 1 aliphatic heterocycles. The maximum atomic E-state index is 12.3. The van der Waals surface area contributed by atoms with Gasteiger partial charge in [0.2, 0.25) is 5.91 Å². The molecule has 1 aliphatic rings. The zero-order valence-corrected chi connectivity index (χ0v) is 11.0. The predicted octanol–water partition coefficient (Wildman–Crippen LogP) is 0.779.